The average molecular weight is 639 g/mol. The Morgan fingerprint density at radius 3 is 2.42 bits per heavy atom. The molecular weight excluding hydrogens is 607 g/mol. The highest BCUT2D eigenvalue weighted by molar-refractivity contribution is 6.13. The lowest BCUT2D eigenvalue weighted by atomic mass is 10.00. The third-order valence-electron chi connectivity index (χ3n) is 6.45. The number of rotatable bonds is 8. The fourth-order valence-corrected chi connectivity index (χ4v) is 4.63. The molecule has 0 fully saturated rings. The van der Waals surface area contributed by atoms with Gasteiger partial charge in [-0.25, -0.2) is 13.8 Å². The van der Waals surface area contributed by atoms with Crippen LogP contribution in [-0.4, -0.2) is 58.4 Å². The first-order chi connectivity index (χ1) is 20.9. The van der Waals surface area contributed by atoms with E-state index in [9.17, 15) is 36.6 Å². The number of amides is 1. The van der Waals surface area contributed by atoms with E-state index in [2.05, 4.69) is 26.0 Å². The van der Waals surface area contributed by atoms with Crippen molar-refractivity contribution in [3.05, 3.63) is 69.0 Å². The summed E-state index contributed by atoms with van der Waals surface area (Å²) in [5, 5.41) is 21.9. The molecule has 2 atom stereocenters. The Labute approximate surface area is 253 Å². The Morgan fingerprint density at radius 2 is 1.82 bits per heavy atom. The molecule has 1 amide bonds. The van der Waals surface area contributed by atoms with Gasteiger partial charge < -0.3 is 25.2 Å². The Balaban J connectivity index is 1.87. The molecule has 0 radical (unpaired) electrons. The average Bonchev–Trinajstić information content (AvgIpc) is 3.28. The summed E-state index contributed by atoms with van der Waals surface area (Å²) in [5.74, 6) is -3.76. The lowest BCUT2D eigenvalue weighted by molar-refractivity contribution is -0.148. The summed E-state index contributed by atoms with van der Waals surface area (Å²) in [7, 11) is 1.42. The molecule has 2 aromatic heterocycles. The lowest BCUT2D eigenvalue weighted by Gasteiger charge is -2.25. The highest BCUT2D eigenvalue weighted by Gasteiger charge is 2.36. The Bertz CT molecular complexity index is 1820. The maximum atomic E-state index is 14.2. The number of nitrogens with zero attached hydrogens (tertiary/aromatic N) is 3. The molecule has 0 saturated heterocycles. The largest absolute Gasteiger partial charge is 0.417 e. The van der Waals surface area contributed by atoms with Gasteiger partial charge in [-0.1, -0.05) is 0 Å². The summed E-state index contributed by atoms with van der Waals surface area (Å²) in [4.78, 5) is 30.8. The molecule has 2 aromatic carbocycles. The molecule has 242 valence electrons. The van der Waals surface area contributed by atoms with Crippen molar-refractivity contribution in [2.24, 2.45) is 4.99 Å². The van der Waals surface area contributed by atoms with Crippen molar-refractivity contribution in [3.63, 3.8) is 0 Å². The summed E-state index contributed by atoms with van der Waals surface area (Å²) in [6.07, 6.45) is -6.59. The number of guanidine groups is 1. The fraction of sp³-hybridized carbons (Fsp3) is 0.379. The topological polar surface area (TPSA) is 139 Å². The van der Waals surface area contributed by atoms with Gasteiger partial charge in [-0.15, -0.1) is 5.10 Å². The Kier molecular flexibility index (Phi) is 9.32. The molecule has 4 N–H and O–H groups in total. The summed E-state index contributed by atoms with van der Waals surface area (Å²) < 4.78 is 81.1. The normalized spacial score (nSPS) is 14.2. The number of pyridine rings is 1. The van der Waals surface area contributed by atoms with E-state index in [0.29, 0.717) is 6.07 Å². The smallest absolute Gasteiger partial charge is 0.382 e. The number of methoxy groups -OCH3 is 1. The summed E-state index contributed by atoms with van der Waals surface area (Å²) in [6, 6.07) is 3.83. The van der Waals surface area contributed by atoms with Crippen LogP contribution in [-0.2, 0) is 15.7 Å². The number of anilines is 2. The van der Waals surface area contributed by atoms with Gasteiger partial charge in [0.25, 0.3) is 11.5 Å². The predicted octanol–water partition coefficient (Wildman–Crippen LogP) is 4.63. The standard InChI is InChI=1S/C29H31F5N6O5/c1-13(12-44-6)35-26(38-24(41)15-7-10-18(30)19(31)11-15)37-23-16-8-9-17(29(32,33)34)20-14(2)21(25(42)40(39-23)22(16)20)36-27(43)45-28(3,4)5/h7-11,13,27,36,43H,12H2,1-6H3,(H2,35,37,38,39,41). The van der Waals surface area contributed by atoms with Crippen LogP contribution in [0.1, 0.15) is 49.2 Å². The number of halogens is 5. The van der Waals surface area contributed by atoms with Gasteiger partial charge in [0.2, 0.25) is 12.4 Å². The van der Waals surface area contributed by atoms with Crippen LogP contribution in [0.25, 0.3) is 16.3 Å². The monoisotopic (exact) mass is 638 g/mol. The molecule has 4 rings (SSSR count). The van der Waals surface area contributed by atoms with Gasteiger partial charge in [0.15, 0.2) is 17.5 Å². The first kappa shape index (κ1) is 33.5. The second kappa shape index (κ2) is 12.5. The molecule has 4 aromatic rings. The fourth-order valence-electron chi connectivity index (χ4n) is 4.63. The van der Waals surface area contributed by atoms with Gasteiger partial charge >= 0.3 is 6.18 Å². The van der Waals surface area contributed by atoms with Crippen LogP contribution in [0.4, 0.5) is 33.5 Å². The molecule has 0 aliphatic heterocycles. The van der Waals surface area contributed by atoms with E-state index in [4.69, 9.17) is 9.47 Å². The number of benzene rings is 2. The number of aliphatic hydroxyl groups is 1. The number of hydrogen-bond acceptors (Lipinski definition) is 8. The number of ether oxygens (including phenoxy) is 2. The summed E-state index contributed by atoms with van der Waals surface area (Å²) in [6.45, 7) is 7.91. The van der Waals surface area contributed by atoms with Crippen molar-refractivity contribution in [3.8, 4) is 0 Å². The zero-order chi connectivity index (χ0) is 33.4. The van der Waals surface area contributed by atoms with Crippen LogP contribution in [0.2, 0.25) is 0 Å². The zero-order valence-corrected chi connectivity index (χ0v) is 25.1. The molecular formula is C29H31F5N6O5. The van der Waals surface area contributed by atoms with E-state index >= 15 is 0 Å². The number of carbonyl (C=O) groups excluding carboxylic acids is 1. The van der Waals surface area contributed by atoms with Gasteiger partial charge in [0.05, 0.1) is 29.3 Å². The van der Waals surface area contributed by atoms with Crippen LogP contribution in [0.15, 0.2) is 40.1 Å². The number of aliphatic hydroxyl groups excluding tert-OH is 1. The number of alkyl halides is 3. The van der Waals surface area contributed by atoms with Crippen molar-refractivity contribution < 1.29 is 41.3 Å². The van der Waals surface area contributed by atoms with E-state index in [1.807, 2.05) is 0 Å². The molecule has 0 spiro atoms. The van der Waals surface area contributed by atoms with Gasteiger partial charge in [0.1, 0.15) is 5.69 Å². The predicted molar refractivity (Wildman–Crippen MR) is 157 cm³/mol. The minimum atomic E-state index is -4.83. The summed E-state index contributed by atoms with van der Waals surface area (Å²) >= 11 is 0. The number of aliphatic imine (C=N–C) groups is 1. The quantitative estimate of drug-likeness (QED) is 0.0949. The number of aromatic nitrogens is 2. The van der Waals surface area contributed by atoms with E-state index in [0.717, 1.165) is 28.8 Å². The van der Waals surface area contributed by atoms with Gasteiger partial charge in [-0.3, -0.25) is 14.9 Å². The van der Waals surface area contributed by atoms with Crippen molar-refractivity contribution in [2.45, 2.75) is 58.9 Å². The van der Waals surface area contributed by atoms with Crippen LogP contribution >= 0.6 is 0 Å². The molecule has 16 heteroatoms. The zero-order valence-electron chi connectivity index (χ0n) is 25.1. The van der Waals surface area contributed by atoms with Crippen molar-refractivity contribution in [2.75, 3.05) is 24.4 Å². The second-order valence-electron chi connectivity index (χ2n) is 11.2. The first-order valence-corrected chi connectivity index (χ1v) is 13.5. The van der Waals surface area contributed by atoms with Crippen LogP contribution < -0.4 is 21.5 Å². The van der Waals surface area contributed by atoms with Gasteiger partial charge in [-0.2, -0.15) is 17.7 Å². The molecule has 2 heterocycles. The van der Waals surface area contributed by atoms with Crippen molar-refractivity contribution in [1.29, 1.82) is 0 Å². The maximum Gasteiger partial charge on any atom is 0.417 e. The highest BCUT2D eigenvalue weighted by atomic mass is 19.4. The van der Waals surface area contributed by atoms with Crippen LogP contribution in [0, 0.1) is 18.6 Å². The van der Waals surface area contributed by atoms with Gasteiger partial charge in [0, 0.05) is 23.4 Å². The summed E-state index contributed by atoms with van der Waals surface area (Å²) in [5.41, 5.74) is -3.79. The molecule has 0 aliphatic carbocycles. The van der Waals surface area contributed by atoms with E-state index in [1.54, 1.807) is 27.7 Å². The molecule has 0 aliphatic rings. The SMILES string of the molecule is COCC(C)N=C(NC(=O)c1ccc(F)c(F)c1)Nc1nn2c(=O)c(NC(O)OC(C)(C)C)c(C)c3c(C(F)(F)F)ccc1c32. The number of hydrogen-bond donors (Lipinski definition) is 4. The van der Waals surface area contributed by atoms with Gasteiger partial charge in [-0.05, 0) is 70.5 Å². The Hall–Kier alpha value is -4.41. The van der Waals surface area contributed by atoms with E-state index in [1.165, 1.54) is 14.0 Å². The van der Waals surface area contributed by atoms with E-state index < -0.39 is 52.9 Å². The molecule has 11 nitrogen and oxygen atoms in total. The lowest BCUT2D eigenvalue weighted by Crippen LogP contribution is -2.37. The molecule has 2 unspecified atom stereocenters. The van der Waals surface area contributed by atoms with Crippen molar-refractivity contribution >= 4 is 39.7 Å². The van der Waals surface area contributed by atoms with Crippen LogP contribution in [0.5, 0.6) is 0 Å². The number of aryl methyl sites for hydroxylation is 1. The number of nitrogens with one attached hydrogen (secondary N) is 3. The maximum absolute atomic E-state index is 14.2. The molecule has 0 saturated carbocycles. The van der Waals surface area contributed by atoms with Crippen LogP contribution in [0.3, 0.4) is 0 Å². The van der Waals surface area contributed by atoms with E-state index in [-0.39, 0.29) is 51.5 Å². The Morgan fingerprint density at radius 1 is 1.13 bits per heavy atom. The molecule has 0 bridgehead atoms. The minimum absolute atomic E-state index is 0.0606. The minimum Gasteiger partial charge on any atom is -0.382 e. The molecule has 45 heavy (non-hydrogen) atoms. The third-order valence-corrected chi connectivity index (χ3v) is 6.45. The van der Waals surface area contributed by atoms with Crippen molar-refractivity contribution in [1.82, 2.24) is 14.9 Å². The first-order valence-electron chi connectivity index (χ1n) is 13.5. The third kappa shape index (κ3) is 7.29. The highest BCUT2D eigenvalue weighted by Crippen LogP contribution is 2.40. The second-order valence-corrected chi connectivity index (χ2v) is 11.2. The number of carbonyl (C=O) groups is 1.